The minimum atomic E-state index is -3.84. The lowest BCUT2D eigenvalue weighted by atomic mass is 10.3. The number of anilines is 2. The van der Waals surface area contributed by atoms with Crippen LogP contribution < -0.4 is 10.0 Å². The molecular weight excluding hydrogens is 412 g/mol. The summed E-state index contributed by atoms with van der Waals surface area (Å²) in [6, 6.07) is 7.47. The lowest BCUT2D eigenvalue weighted by molar-refractivity contribution is 0.102. The highest BCUT2D eigenvalue weighted by Crippen LogP contribution is 2.19. The number of hydrogen-bond acceptors (Lipinski definition) is 7. The third-order valence-electron chi connectivity index (χ3n) is 4.06. The van der Waals surface area contributed by atoms with E-state index >= 15 is 0 Å². The van der Waals surface area contributed by atoms with E-state index in [9.17, 15) is 13.2 Å². The molecule has 1 aromatic carbocycles. The van der Waals surface area contributed by atoms with Gasteiger partial charge < -0.3 is 5.32 Å². The quantitative estimate of drug-likeness (QED) is 0.505. The van der Waals surface area contributed by atoms with E-state index in [1.165, 1.54) is 41.8 Å². The van der Waals surface area contributed by atoms with Crippen LogP contribution in [0.1, 0.15) is 21.9 Å². The number of aromatic nitrogens is 4. The van der Waals surface area contributed by atoms with Gasteiger partial charge in [0.2, 0.25) is 5.95 Å². The molecule has 0 fully saturated rings. The molecule has 0 aliphatic rings. The van der Waals surface area contributed by atoms with Crippen molar-refractivity contribution in [3.8, 4) is 0 Å². The van der Waals surface area contributed by atoms with E-state index in [0.717, 1.165) is 10.7 Å². The Balaban J connectivity index is 1.48. The highest BCUT2D eigenvalue weighted by molar-refractivity contribution is 7.92. The number of fused-ring (bicyclic) bond motifs is 1. The first kappa shape index (κ1) is 19.0. The number of rotatable bonds is 5. The van der Waals surface area contributed by atoms with E-state index in [1.54, 1.807) is 19.2 Å². The van der Waals surface area contributed by atoms with Crippen LogP contribution in [-0.4, -0.2) is 33.7 Å². The summed E-state index contributed by atoms with van der Waals surface area (Å²) in [6.45, 7) is 3.67. The van der Waals surface area contributed by atoms with Crippen LogP contribution in [0.3, 0.4) is 0 Å². The molecule has 4 aromatic rings. The predicted octanol–water partition coefficient (Wildman–Crippen LogP) is 2.86. The van der Waals surface area contributed by atoms with Crippen molar-refractivity contribution in [1.29, 1.82) is 0 Å². The Bertz CT molecular complexity index is 1310. The molecule has 148 valence electrons. The zero-order chi connectivity index (χ0) is 20.6. The SMILES string of the molecule is Cc1ccnc(NS(=O)(=O)c2ccc(NC(=O)c3cn4c(C)csc4n3)cc2)n1. The number of hydrogen-bond donors (Lipinski definition) is 2. The maximum absolute atomic E-state index is 12.5. The smallest absolute Gasteiger partial charge is 0.275 e. The summed E-state index contributed by atoms with van der Waals surface area (Å²) in [7, 11) is -3.84. The predicted molar refractivity (Wildman–Crippen MR) is 110 cm³/mol. The molecule has 29 heavy (non-hydrogen) atoms. The molecule has 0 saturated carbocycles. The molecule has 11 heteroatoms. The Morgan fingerprint density at radius 1 is 1.10 bits per heavy atom. The van der Waals surface area contributed by atoms with E-state index in [2.05, 4.69) is 25.0 Å². The molecule has 2 N–H and O–H groups in total. The fraction of sp³-hybridized carbons (Fsp3) is 0.111. The second-order valence-corrected chi connectivity index (χ2v) is 8.78. The van der Waals surface area contributed by atoms with Gasteiger partial charge in [-0.2, -0.15) is 0 Å². The summed E-state index contributed by atoms with van der Waals surface area (Å²) in [5.41, 5.74) is 2.38. The average Bonchev–Trinajstić information content (AvgIpc) is 3.24. The monoisotopic (exact) mass is 428 g/mol. The first-order valence-corrected chi connectivity index (χ1v) is 10.9. The molecule has 4 rings (SSSR count). The van der Waals surface area contributed by atoms with Crippen molar-refractivity contribution < 1.29 is 13.2 Å². The molecule has 0 bridgehead atoms. The van der Waals surface area contributed by atoms with Gasteiger partial charge in [0.25, 0.3) is 15.9 Å². The molecule has 9 nitrogen and oxygen atoms in total. The number of carbonyl (C=O) groups excluding carboxylic acids is 1. The molecule has 0 atom stereocenters. The van der Waals surface area contributed by atoms with Gasteiger partial charge >= 0.3 is 0 Å². The maximum Gasteiger partial charge on any atom is 0.275 e. The summed E-state index contributed by atoms with van der Waals surface area (Å²) in [5, 5.41) is 4.67. The van der Waals surface area contributed by atoms with Crippen LogP contribution in [0.15, 0.2) is 53.0 Å². The summed E-state index contributed by atoms with van der Waals surface area (Å²) >= 11 is 1.45. The van der Waals surface area contributed by atoms with Crippen molar-refractivity contribution >= 4 is 43.9 Å². The lowest BCUT2D eigenvalue weighted by Gasteiger charge is -2.08. The topological polar surface area (TPSA) is 118 Å². The standard InChI is InChI=1S/C18H16N6O3S2/c1-11-7-8-19-17(20-11)23-29(26,27)14-5-3-13(4-6-14)21-16(25)15-9-24-12(2)10-28-18(24)22-15/h3-10H,1-2H3,(H,21,25)(H,19,20,23). The third kappa shape index (κ3) is 3.96. The number of thiazole rings is 1. The van der Waals surface area contributed by atoms with Crippen molar-refractivity contribution in [2.45, 2.75) is 18.7 Å². The molecule has 3 heterocycles. The zero-order valence-electron chi connectivity index (χ0n) is 15.4. The van der Waals surface area contributed by atoms with Crippen molar-refractivity contribution in [1.82, 2.24) is 19.4 Å². The van der Waals surface area contributed by atoms with Crippen LogP contribution in [-0.2, 0) is 10.0 Å². The summed E-state index contributed by atoms with van der Waals surface area (Å²) in [4.78, 5) is 25.4. The molecule has 0 aliphatic carbocycles. The van der Waals surface area contributed by atoms with E-state index in [0.29, 0.717) is 11.4 Å². The van der Waals surface area contributed by atoms with Crippen LogP contribution in [0.4, 0.5) is 11.6 Å². The Morgan fingerprint density at radius 2 is 1.86 bits per heavy atom. The summed E-state index contributed by atoms with van der Waals surface area (Å²) < 4.78 is 29.1. The van der Waals surface area contributed by atoms with Crippen molar-refractivity contribution in [3.63, 3.8) is 0 Å². The second kappa shape index (κ2) is 7.26. The van der Waals surface area contributed by atoms with Gasteiger partial charge in [-0.05, 0) is 44.2 Å². The normalized spacial score (nSPS) is 11.5. The minimum Gasteiger partial charge on any atom is -0.321 e. The first-order valence-electron chi connectivity index (χ1n) is 8.49. The van der Waals surface area contributed by atoms with E-state index in [-0.39, 0.29) is 22.4 Å². The number of nitrogens with zero attached hydrogens (tertiary/aromatic N) is 4. The third-order valence-corrected chi connectivity index (χ3v) is 6.37. The second-order valence-electron chi connectivity index (χ2n) is 6.26. The van der Waals surface area contributed by atoms with Crippen LogP contribution in [0, 0.1) is 13.8 Å². The molecule has 0 unspecified atom stereocenters. The Labute approximate surface area is 170 Å². The van der Waals surface area contributed by atoms with Crippen LogP contribution in [0.5, 0.6) is 0 Å². The number of amides is 1. The highest BCUT2D eigenvalue weighted by Gasteiger charge is 2.17. The number of nitrogens with one attached hydrogen (secondary N) is 2. The number of carbonyl (C=O) groups is 1. The Kier molecular flexibility index (Phi) is 4.76. The molecule has 1 amide bonds. The van der Waals surface area contributed by atoms with Gasteiger partial charge in [0.15, 0.2) is 4.96 Å². The van der Waals surface area contributed by atoms with Gasteiger partial charge in [-0.25, -0.2) is 28.1 Å². The van der Waals surface area contributed by atoms with Gasteiger partial charge in [0.05, 0.1) is 4.90 Å². The first-order chi connectivity index (χ1) is 13.8. The largest absolute Gasteiger partial charge is 0.321 e. The summed E-state index contributed by atoms with van der Waals surface area (Å²) in [5.74, 6) is -0.375. The molecular formula is C18H16N6O3S2. The average molecular weight is 428 g/mol. The van der Waals surface area contributed by atoms with Gasteiger partial charge in [-0.15, -0.1) is 11.3 Å². The fourth-order valence-corrected chi connectivity index (χ4v) is 4.39. The summed E-state index contributed by atoms with van der Waals surface area (Å²) in [6.07, 6.45) is 3.14. The maximum atomic E-state index is 12.5. The van der Waals surface area contributed by atoms with Gasteiger partial charge in [0, 0.05) is 34.8 Å². The van der Waals surface area contributed by atoms with E-state index in [4.69, 9.17) is 0 Å². The molecule has 0 aliphatic heterocycles. The number of imidazole rings is 1. The lowest BCUT2D eigenvalue weighted by Crippen LogP contribution is -2.16. The molecule has 0 radical (unpaired) electrons. The van der Waals surface area contributed by atoms with Crippen molar-refractivity contribution in [3.05, 3.63) is 65.2 Å². The Hall–Kier alpha value is -3.31. The van der Waals surface area contributed by atoms with Gasteiger partial charge in [-0.1, -0.05) is 0 Å². The van der Waals surface area contributed by atoms with Crippen LogP contribution in [0.25, 0.3) is 4.96 Å². The molecule has 0 spiro atoms. The molecule has 0 saturated heterocycles. The number of aryl methyl sites for hydroxylation is 2. The number of benzene rings is 1. The van der Waals surface area contributed by atoms with E-state index in [1.807, 2.05) is 16.7 Å². The van der Waals surface area contributed by atoms with Crippen LogP contribution in [0.2, 0.25) is 0 Å². The Morgan fingerprint density at radius 3 is 2.55 bits per heavy atom. The van der Waals surface area contributed by atoms with Crippen molar-refractivity contribution in [2.75, 3.05) is 10.0 Å². The van der Waals surface area contributed by atoms with E-state index < -0.39 is 10.0 Å². The zero-order valence-corrected chi connectivity index (χ0v) is 17.1. The number of sulfonamides is 1. The van der Waals surface area contributed by atoms with Crippen LogP contribution >= 0.6 is 11.3 Å². The van der Waals surface area contributed by atoms with Gasteiger partial charge in [-0.3, -0.25) is 9.20 Å². The van der Waals surface area contributed by atoms with Crippen molar-refractivity contribution in [2.24, 2.45) is 0 Å². The molecule has 3 aromatic heterocycles. The minimum absolute atomic E-state index is 0.00239. The fourth-order valence-electron chi connectivity index (χ4n) is 2.59. The van der Waals surface area contributed by atoms with Gasteiger partial charge in [0.1, 0.15) is 5.69 Å². The highest BCUT2D eigenvalue weighted by atomic mass is 32.2.